The highest BCUT2D eigenvalue weighted by molar-refractivity contribution is 7.10. The van der Waals surface area contributed by atoms with Crippen LogP contribution in [0.4, 0.5) is 0 Å². The van der Waals surface area contributed by atoms with Crippen LogP contribution in [0.5, 0.6) is 0 Å². The molecule has 2 aromatic rings. The summed E-state index contributed by atoms with van der Waals surface area (Å²) < 4.78 is 0. The summed E-state index contributed by atoms with van der Waals surface area (Å²) in [5, 5.41) is 5.88. The maximum absolute atomic E-state index is 3.62. The lowest BCUT2D eigenvalue weighted by atomic mass is 10.0. The van der Waals surface area contributed by atoms with Crippen LogP contribution in [0.3, 0.4) is 0 Å². The van der Waals surface area contributed by atoms with Gasteiger partial charge in [-0.25, -0.2) is 0 Å². The lowest BCUT2D eigenvalue weighted by molar-refractivity contribution is 0.391. The molecule has 0 amide bonds. The van der Waals surface area contributed by atoms with Crippen LogP contribution in [0.1, 0.15) is 32.1 Å². The number of rotatable bonds is 6. The standard InChI is InChI=1S/C17H23NS/c1-4-13(2)14(3)18-11-17-10-16(12-19-17)15-8-6-5-7-9-15/h5-10,12-14,18H,4,11H2,1-3H3. The largest absolute Gasteiger partial charge is 0.309 e. The molecule has 0 saturated heterocycles. The van der Waals surface area contributed by atoms with Crippen molar-refractivity contribution in [2.75, 3.05) is 0 Å². The van der Waals surface area contributed by atoms with Gasteiger partial charge in [-0.05, 0) is 35.4 Å². The molecule has 2 atom stereocenters. The molecule has 2 heteroatoms. The number of hydrogen-bond acceptors (Lipinski definition) is 2. The van der Waals surface area contributed by atoms with Crippen LogP contribution in [0.2, 0.25) is 0 Å². The van der Waals surface area contributed by atoms with Crippen LogP contribution >= 0.6 is 11.3 Å². The van der Waals surface area contributed by atoms with E-state index in [0.717, 1.165) is 12.5 Å². The van der Waals surface area contributed by atoms with Crippen molar-refractivity contribution in [3.8, 4) is 11.1 Å². The van der Waals surface area contributed by atoms with E-state index in [2.05, 4.69) is 67.9 Å². The molecule has 1 aromatic carbocycles. The SMILES string of the molecule is CCC(C)C(C)NCc1cc(-c2ccccc2)cs1. The van der Waals surface area contributed by atoms with Crippen LogP contribution in [-0.4, -0.2) is 6.04 Å². The molecule has 0 spiro atoms. The third-order valence-corrected chi connectivity index (χ3v) is 4.79. The van der Waals surface area contributed by atoms with Gasteiger partial charge < -0.3 is 5.32 Å². The van der Waals surface area contributed by atoms with Gasteiger partial charge in [0.25, 0.3) is 0 Å². The van der Waals surface area contributed by atoms with Crippen molar-refractivity contribution in [2.45, 2.75) is 39.8 Å². The molecule has 1 N–H and O–H groups in total. The van der Waals surface area contributed by atoms with Gasteiger partial charge in [-0.3, -0.25) is 0 Å². The fraction of sp³-hybridized carbons (Fsp3) is 0.412. The minimum absolute atomic E-state index is 0.576. The maximum atomic E-state index is 3.62. The molecule has 0 aliphatic heterocycles. The van der Waals surface area contributed by atoms with Crippen LogP contribution in [0, 0.1) is 5.92 Å². The molecule has 2 rings (SSSR count). The van der Waals surface area contributed by atoms with Gasteiger partial charge in [0.05, 0.1) is 0 Å². The summed E-state index contributed by atoms with van der Waals surface area (Å²) in [6.45, 7) is 7.81. The van der Waals surface area contributed by atoms with Gasteiger partial charge in [0.1, 0.15) is 0 Å². The van der Waals surface area contributed by atoms with Crippen molar-refractivity contribution in [2.24, 2.45) is 5.92 Å². The molecule has 0 saturated carbocycles. The lowest BCUT2D eigenvalue weighted by Crippen LogP contribution is -2.31. The average molecular weight is 273 g/mol. The van der Waals surface area contributed by atoms with Crippen LogP contribution in [0.15, 0.2) is 41.8 Å². The summed E-state index contributed by atoms with van der Waals surface area (Å²) in [7, 11) is 0. The van der Waals surface area contributed by atoms with E-state index >= 15 is 0 Å². The Bertz CT molecular complexity index is 489. The molecule has 2 unspecified atom stereocenters. The smallest absolute Gasteiger partial charge is 0.0302 e. The van der Waals surface area contributed by atoms with Crippen molar-refractivity contribution >= 4 is 11.3 Å². The first-order chi connectivity index (χ1) is 9.20. The number of thiophene rings is 1. The molecule has 0 aliphatic carbocycles. The van der Waals surface area contributed by atoms with Gasteiger partial charge in [-0.1, -0.05) is 50.6 Å². The summed E-state index contributed by atoms with van der Waals surface area (Å²) in [6.07, 6.45) is 1.23. The van der Waals surface area contributed by atoms with E-state index in [9.17, 15) is 0 Å². The van der Waals surface area contributed by atoms with Gasteiger partial charge in [0.15, 0.2) is 0 Å². The molecule has 19 heavy (non-hydrogen) atoms. The summed E-state index contributed by atoms with van der Waals surface area (Å²) >= 11 is 1.84. The Morgan fingerprint density at radius 1 is 1.11 bits per heavy atom. The Labute approximate surface area is 120 Å². The Morgan fingerprint density at radius 3 is 2.53 bits per heavy atom. The number of nitrogens with one attached hydrogen (secondary N) is 1. The minimum atomic E-state index is 0.576. The quantitative estimate of drug-likeness (QED) is 0.786. The van der Waals surface area contributed by atoms with Crippen LogP contribution in [-0.2, 0) is 6.54 Å². The molecule has 0 radical (unpaired) electrons. The zero-order valence-electron chi connectivity index (χ0n) is 12.0. The summed E-state index contributed by atoms with van der Waals surface area (Å²) in [5.41, 5.74) is 2.64. The highest BCUT2D eigenvalue weighted by Gasteiger charge is 2.10. The monoisotopic (exact) mass is 273 g/mol. The van der Waals surface area contributed by atoms with Gasteiger partial charge in [-0.15, -0.1) is 11.3 Å². The average Bonchev–Trinajstić information content (AvgIpc) is 2.93. The fourth-order valence-electron chi connectivity index (χ4n) is 2.07. The first-order valence-corrected chi connectivity index (χ1v) is 7.95. The van der Waals surface area contributed by atoms with E-state index in [4.69, 9.17) is 0 Å². The van der Waals surface area contributed by atoms with Crippen molar-refractivity contribution in [3.63, 3.8) is 0 Å². The van der Waals surface area contributed by atoms with Crippen LogP contribution in [0.25, 0.3) is 11.1 Å². The van der Waals surface area contributed by atoms with Gasteiger partial charge >= 0.3 is 0 Å². The summed E-state index contributed by atoms with van der Waals surface area (Å²) in [4.78, 5) is 1.41. The molecule has 0 aliphatic rings. The first-order valence-electron chi connectivity index (χ1n) is 7.07. The lowest BCUT2D eigenvalue weighted by Gasteiger charge is -2.19. The molecule has 1 nitrogen and oxygen atoms in total. The Balaban J connectivity index is 1.95. The van der Waals surface area contributed by atoms with Crippen LogP contribution < -0.4 is 5.32 Å². The maximum Gasteiger partial charge on any atom is 0.0302 e. The van der Waals surface area contributed by atoms with Crippen molar-refractivity contribution < 1.29 is 0 Å². The number of benzene rings is 1. The predicted molar refractivity (Wildman–Crippen MR) is 85.5 cm³/mol. The predicted octanol–water partition coefficient (Wildman–Crippen LogP) is 4.94. The van der Waals surface area contributed by atoms with Gasteiger partial charge in [0.2, 0.25) is 0 Å². The second kappa shape index (κ2) is 6.88. The molecular formula is C17H23NS. The molecule has 1 heterocycles. The second-order valence-corrected chi connectivity index (χ2v) is 6.22. The van der Waals surface area contributed by atoms with Crippen molar-refractivity contribution in [1.82, 2.24) is 5.32 Å². The second-order valence-electron chi connectivity index (χ2n) is 5.22. The van der Waals surface area contributed by atoms with E-state index in [1.54, 1.807) is 0 Å². The fourth-order valence-corrected chi connectivity index (χ4v) is 2.92. The van der Waals surface area contributed by atoms with E-state index < -0.39 is 0 Å². The highest BCUT2D eigenvalue weighted by Crippen LogP contribution is 2.25. The third kappa shape index (κ3) is 3.92. The van der Waals surface area contributed by atoms with E-state index in [1.165, 1.54) is 22.4 Å². The number of hydrogen-bond donors (Lipinski definition) is 1. The third-order valence-electron chi connectivity index (χ3n) is 3.86. The molecule has 1 aromatic heterocycles. The van der Waals surface area contributed by atoms with Gasteiger partial charge in [0, 0.05) is 17.5 Å². The molecule has 102 valence electrons. The zero-order chi connectivity index (χ0) is 13.7. The first kappa shape index (κ1) is 14.3. The Kier molecular flexibility index (Phi) is 5.17. The molecular weight excluding hydrogens is 250 g/mol. The normalized spacial score (nSPS) is 14.3. The summed E-state index contributed by atoms with van der Waals surface area (Å²) in [6, 6.07) is 13.5. The molecule has 0 fully saturated rings. The van der Waals surface area contributed by atoms with E-state index in [1.807, 2.05) is 11.3 Å². The summed E-state index contributed by atoms with van der Waals surface area (Å²) in [5.74, 6) is 0.730. The van der Waals surface area contributed by atoms with E-state index in [0.29, 0.717) is 6.04 Å². The highest BCUT2D eigenvalue weighted by atomic mass is 32.1. The Hall–Kier alpha value is -1.12. The van der Waals surface area contributed by atoms with Crippen molar-refractivity contribution in [3.05, 3.63) is 46.7 Å². The van der Waals surface area contributed by atoms with E-state index in [-0.39, 0.29) is 0 Å². The molecule has 0 bridgehead atoms. The van der Waals surface area contributed by atoms with Gasteiger partial charge in [-0.2, -0.15) is 0 Å². The van der Waals surface area contributed by atoms with Crippen molar-refractivity contribution in [1.29, 1.82) is 0 Å². The Morgan fingerprint density at radius 2 is 1.84 bits per heavy atom. The zero-order valence-corrected chi connectivity index (χ0v) is 12.8. The topological polar surface area (TPSA) is 12.0 Å². The minimum Gasteiger partial charge on any atom is -0.309 e.